The first-order chi connectivity index (χ1) is 5.70. The van der Waals surface area contributed by atoms with Gasteiger partial charge in [-0.15, -0.1) is 0 Å². The lowest BCUT2D eigenvalue weighted by Gasteiger charge is -2.25. The van der Waals surface area contributed by atoms with Crippen LogP contribution >= 0.6 is 0 Å². The van der Waals surface area contributed by atoms with Crippen LogP contribution in [0.2, 0.25) is 0 Å². The maximum Gasteiger partial charge on any atom is 0.329 e. The van der Waals surface area contributed by atoms with E-state index in [0.29, 0.717) is 13.0 Å². The minimum absolute atomic E-state index is 0.122. The average Bonchev–Trinajstić information content (AvgIpc) is 2.04. The van der Waals surface area contributed by atoms with Gasteiger partial charge in [0.25, 0.3) is 0 Å². The van der Waals surface area contributed by atoms with Crippen molar-refractivity contribution in [3.63, 3.8) is 0 Å². The minimum atomic E-state index is -2.84. The van der Waals surface area contributed by atoms with E-state index in [1.165, 1.54) is 6.07 Å². The van der Waals surface area contributed by atoms with Crippen molar-refractivity contribution in [2.24, 2.45) is 0 Å². The highest BCUT2D eigenvalue weighted by molar-refractivity contribution is 5.32. The van der Waals surface area contributed by atoms with Crippen LogP contribution in [0, 0.1) is 0 Å². The molecule has 1 aliphatic heterocycles. The van der Waals surface area contributed by atoms with Crippen LogP contribution < -0.4 is 5.32 Å². The second-order valence-electron chi connectivity index (χ2n) is 2.91. The highest BCUT2D eigenvalue weighted by Crippen LogP contribution is 2.30. The fraction of sp³-hybridized carbons (Fsp3) is 0.333. The molecule has 1 N–H and O–H groups in total. The number of hydrogen-bond donors (Lipinski definition) is 1. The van der Waals surface area contributed by atoms with Crippen molar-refractivity contribution in [1.29, 1.82) is 0 Å². The molecule has 2 rings (SSSR count). The third kappa shape index (κ3) is 1.10. The largest absolute Gasteiger partial charge is 0.329 e. The Bertz CT molecular complexity index is 296. The summed E-state index contributed by atoms with van der Waals surface area (Å²) in [6, 6.07) is 3.82. The van der Waals surface area contributed by atoms with Crippen molar-refractivity contribution in [2.45, 2.75) is 12.5 Å². The molecule has 64 valence electrons. The lowest BCUT2D eigenvalue weighted by Crippen LogP contribution is -2.40. The number of fused-ring (bicyclic) bond motifs is 1. The summed E-state index contributed by atoms with van der Waals surface area (Å²) < 4.78 is 26.2. The van der Waals surface area contributed by atoms with Crippen molar-refractivity contribution in [3.05, 3.63) is 35.4 Å². The third-order valence-electron chi connectivity index (χ3n) is 2.10. The smallest absolute Gasteiger partial charge is 0.254 e. The molecule has 1 aromatic carbocycles. The molecule has 0 saturated carbocycles. The van der Waals surface area contributed by atoms with Crippen LogP contribution in [0.4, 0.5) is 8.78 Å². The zero-order valence-electron chi connectivity index (χ0n) is 6.48. The highest BCUT2D eigenvalue weighted by atomic mass is 19.3. The molecule has 0 spiro atoms. The summed E-state index contributed by atoms with van der Waals surface area (Å²) in [6.07, 6.45) is 0.686. The molecule has 0 aliphatic carbocycles. The van der Waals surface area contributed by atoms with Crippen LogP contribution in [0.5, 0.6) is 0 Å². The monoisotopic (exact) mass is 169 g/mol. The lowest BCUT2D eigenvalue weighted by atomic mass is 9.99. The van der Waals surface area contributed by atoms with E-state index in [0.717, 1.165) is 5.56 Å². The lowest BCUT2D eigenvalue weighted by molar-refractivity contribution is -0.0467. The Labute approximate surface area is 69.4 Å². The first kappa shape index (κ1) is 7.68. The van der Waals surface area contributed by atoms with Gasteiger partial charge >= 0.3 is 6.05 Å². The Morgan fingerprint density at radius 1 is 1.25 bits per heavy atom. The molecule has 0 bridgehead atoms. The van der Waals surface area contributed by atoms with Crippen LogP contribution in [-0.4, -0.2) is 6.54 Å². The molecular weight excluding hydrogens is 160 g/mol. The summed E-state index contributed by atoms with van der Waals surface area (Å²) >= 11 is 0. The van der Waals surface area contributed by atoms with Gasteiger partial charge in [-0.1, -0.05) is 24.3 Å². The maximum absolute atomic E-state index is 13.1. The van der Waals surface area contributed by atoms with Gasteiger partial charge in [0.15, 0.2) is 0 Å². The second kappa shape index (κ2) is 2.52. The first-order valence-electron chi connectivity index (χ1n) is 3.91. The van der Waals surface area contributed by atoms with Gasteiger partial charge in [-0.3, -0.25) is 5.32 Å². The quantitative estimate of drug-likeness (QED) is 0.585. The van der Waals surface area contributed by atoms with Crippen molar-refractivity contribution in [2.75, 3.05) is 6.54 Å². The van der Waals surface area contributed by atoms with E-state index in [9.17, 15) is 8.78 Å². The number of alkyl halides is 2. The predicted octanol–water partition coefficient (Wildman–Crippen LogP) is 1.88. The molecule has 0 fully saturated rings. The second-order valence-corrected chi connectivity index (χ2v) is 2.91. The topological polar surface area (TPSA) is 12.0 Å². The van der Waals surface area contributed by atoms with E-state index in [1.807, 2.05) is 0 Å². The molecule has 0 unspecified atom stereocenters. The number of nitrogens with one attached hydrogen (secondary N) is 1. The molecule has 0 atom stereocenters. The van der Waals surface area contributed by atoms with Gasteiger partial charge < -0.3 is 0 Å². The van der Waals surface area contributed by atoms with Gasteiger partial charge in [0.2, 0.25) is 0 Å². The van der Waals surface area contributed by atoms with Gasteiger partial charge in [-0.05, 0) is 12.0 Å². The van der Waals surface area contributed by atoms with Gasteiger partial charge in [0.05, 0.1) is 0 Å². The molecular formula is C9H9F2N. The minimum Gasteiger partial charge on any atom is -0.254 e. The van der Waals surface area contributed by atoms with Crippen LogP contribution in [0.15, 0.2) is 24.3 Å². The molecule has 1 aliphatic rings. The molecule has 0 saturated heterocycles. The Morgan fingerprint density at radius 3 is 2.75 bits per heavy atom. The van der Waals surface area contributed by atoms with E-state index in [2.05, 4.69) is 5.32 Å². The molecule has 12 heavy (non-hydrogen) atoms. The van der Waals surface area contributed by atoms with Crippen molar-refractivity contribution in [1.82, 2.24) is 5.32 Å². The molecule has 0 amide bonds. The molecule has 1 heterocycles. The van der Waals surface area contributed by atoms with Gasteiger partial charge in [-0.2, -0.15) is 8.78 Å². The summed E-state index contributed by atoms with van der Waals surface area (Å²) in [4.78, 5) is 0. The Balaban J connectivity index is 2.52. The van der Waals surface area contributed by atoms with Gasteiger partial charge in [0.1, 0.15) is 0 Å². The zero-order chi connectivity index (χ0) is 8.60. The normalized spacial score (nSPS) is 20.2. The maximum atomic E-state index is 13.1. The fourth-order valence-corrected chi connectivity index (χ4v) is 1.49. The zero-order valence-corrected chi connectivity index (χ0v) is 6.48. The summed E-state index contributed by atoms with van der Waals surface area (Å²) in [5, 5.41) is 2.18. The number of benzene rings is 1. The Hall–Kier alpha value is -0.960. The van der Waals surface area contributed by atoms with Crippen LogP contribution in [0.3, 0.4) is 0 Å². The van der Waals surface area contributed by atoms with Crippen LogP contribution in [-0.2, 0) is 12.5 Å². The molecule has 3 heteroatoms. The van der Waals surface area contributed by atoms with Crippen LogP contribution in [0.25, 0.3) is 0 Å². The number of hydrogen-bond acceptors (Lipinski definition) is 1. The summed E-state index contributed by atoms with van der Waals surface area (Å²) in [5.41, 5.74) is 0.873. The summed E-state index contributed by atoms with van der Waals surface area (Å²) in [7, 11) is 0. The van der Waals surface area contributed by atoms with Crippen LogP contribution in [0.1, 0.15) is 11.1 Å². The third-order valence-corrected chi connectivity index (χ3v) is 2.10. The molecule has 0 radical (unpaired) electrons. The van der Waals surface area contributed by atoms with E-state index < -0.39 is 6.05 Å². The summed E-state index contributed by atoms with van der Waals surface area (Å²) in [6.45, 7) is 0.351. The standard InChI is InChI=1S/C9H9F2N/c10-9(11)8-4-2-1-3-7(8)5-6-12-9/h1-4,12H,5-6H2. The summed E-state index contributed by atoms with van der Waals surface area (Å²) in [5.74, 6) is 0. The highest BCUT2D eigenvalue weighted by Gasteiger charge is 2.35. The van der Waals surface area contributed by atoms with Gasteiger partial charge in [0, 0.05) is 12.1 Å². The van der Waals surface area contributed by atoms with Gasteiger partial charge in [-0.25, -0.2) is 0 Å². The van der Waals surface area contributed by atoms with Crippen molar-refractivity contribution in [3.8, 4) is 0 Å². The SMILES string of the molecule is FC1(F)NCCc2ccccc21. The predicted molar refractivity (Wildman–Crippen MR) is 42.0 cm³/mol. The number of rotatable bonds is 0. The van der Waals surface area contributed by atoms with E-state index in [4.69, 9.17) is 0 Å². The average molecular weight is 169 g/mol. The molecule has 0 aromatic heterocycles. The first-order valence-corrected chi connectivity index (χ1v) is 3.91. The number of halogens is 2. The van der Waals surface area contributed by atoms with E-state index in [1.54, 1.807) is 18.2 Å². The van der Waals surface area contributed by atoms with Crippen molar-refractivity contribution < 1.29 is 8.78 Å². The fourth-order valence-electron chi connectivity index (χ4n) is 1.49. The Morgan fingerprint density at radius 2 is 2.00 bits per heavy atom. The van der Waals surface area contributed by atoms with Crippen molar-refractivity contribution >= 4 is 0 Å². The molecule has 1 nitrogen and oxygen atoms in total. The van der Waals surface area contributed by atoms with E-state index >= 15 is 0 Å². The Kier molecular flexibility index (Phi) is 1.61. The molecule has 1 aromatic rings. The van der Waals surface area contributed by atoms with E-state index in [-0.39, 0.29) is 5.56 Å².